The van der Waals surface area contributed by atoms with Gasteiger partial charge in [-0.25, -0.2) is 0 Å². The molecule has 3 nitrogen and oxygen atoms in total. The van der Waals surface area contributed by atoms with Crippen LogP contribution in [0.4, 0.5) is 0 Å². The number of rotatable bonds is 5. The number of ether oxygens (including phenoxy) is 1. The number of nitrogens with one attached hydrogen (secondary N) is 1. The van der Waals surface area contributed by atoms with E-state index in [1.165, 1.54) is 38.5 Å². The van der Waals surface area contributed by atoms with Gasteiger partial charge in [0.15, 0.2) is 0 Å². The van der Waals surface area contributed by atoms with Crippen LogP contribution in [0.1, 0.15) is 51.9 Å². The summed E-state index contributed by atoms with van der Waals surface area (Å²) in [5.74, 6) is 0. The molecule has 1 saturated carbocycles. The Bertz CT molecular complexity index is 238. The second-order valence-corrected chi connectivity index (χ2v) is 5.73. The maximum Gasteiger partial charge on any atom is 0.0472 e. The van der Waals surface area contributed by atoms with Crippen molar-refractivity contribution in [3.8, 4) is 0 Å². The molecule has 1 atom stereocenters. The molecule has 2 rings (SSSR count). The molecular weight excluding hydrogens is 214 g/mol. The van der Waals surface area contributed by atoms with E-state index in [1.807, 2.05) is 0 Å². The van der Waals surface area contributed by atoms with Crippen molar-refractivity contribution in [2.45, 2.75) is 57.4 Å². The van der Waals surface area contributed by atoms with E-state index in [1.54, 1.807) is 0 Å². The number of hydrogen-bond donors (Lipinski definition) is 2. The minimum atomic E-state index is 0.182. The summed E-state index contributed by atoms with van der Waals surface area (Å²) in [5.41, 5.74) is 0.574. The van der Waals surface area contributed by atoms with Crippen molar-refractivity contribution in [3.63, 3.8) is 0 Å². The monoisotopic (exact) mass is 241 g/mol. The van der Waals surface area contributed by atoms with Gasteiger partial charge < -0.3 is 15.2 Å². The SMILES string of the molecule is CCCNC1(CCO)CCCC12CCOCC2. The molecule has 1 saturated heterocycles. The Morgan fingerprint density at radius 3 is 2.59 bits per heavy atom. The lowest BCUT2D eigenvalue weighted by molar-refractivity contribution is -0.0347. The van der Waals surface area contributed by atoms with Crippen molar-refractivity contribution in [2.24, 2.45) is 5.41 Å². The molecule has 3 heteroatoms. The van der Waals surface area contributed by atoms with Crippen LogP contribution in [0.3, 0.4) is 0 Å². The van der Waals surface area contributed by atoms with E-state index >= 15 is 0 Å². The van der Waals surface area contributed by atoms with Crippen LogP contribution in [0, 0.1) is 5.41 Å². The molecule has 2 fully saturated rings. The summed E-state index contributed by atoms with van der Waals surface area (Å²) < 4.78 is 5.54. The van der Waals surface area contributed by atoms with Crippen molar-refractivity contribution in [2.75, 3.05) is 26.4 Å². The molecule has 1 unspecified atom stereocenters. The van der Waals surface area contributed by atoms with E-state index in [0.29, 0.717) is 12.0 Å². The third-order valence-electron chi connectivity index (χ3n) is 4.98. The van der Waals surface area contributed by atoms with Gasteiger partial charge in [-0.15, -0.1) is 0 Å². The molecule has 0 radical (unpaired) electrons. The van der Waals surface area contributed by atoms with Gasteiger partial charge in [0.25, 0.3) is 0 Å². The van der Waals surface area contributed by atoms with Crippen LogP contribution < -0.4 is 5.32 Å². The number of aliphatic hydroxyl groups is 1. The Morgan fingerprint density at radius 1 is 1.18 bits per heavy atom. The quantitative estimate of drug-likeness (QED) is 0.774. The number of hydrogen-bond acceptors (Lipinski definition) is 3. The maximum absolute atomic E-state index is 9.43. The molecule has 1 heterocycles. The zero-order valence-electron chi connectivity index (χ0n) is 11.1. The standard InChI is InChI=1S/C14H27NO2/c1-2-9-15-14(6-10-16)5-3-4-13(14)7-11-17-12-8-13/h15-16H,2-12H2,1H3. The first-order chi connectivity index (χ1) is 8.29. The molecule has 0 amide bonds. The second-order valence-electron chi connectivity index (χ2n) is 5.73. The topological polar surface area (TPSA) is 41.5 Å². The highest BCUT2D eigenvalue weighted by Gasteiger charge is 2.53. The molecule has 1 spiro atoms. The van der Waals surface area contributed by atoms with Gasteiger partial charge >= 0.3 is 0 Å². The maximum atomic E-state index is 9.43. The predicted octanol–water partition coefficient (Wildman–Crippen LogP) is 2.09. The molecule has 100 valence electrons. The summed E-state index contributed by atoms with van der Waals surface area (Å²) in [6, 6.07) is 0. The normalized spacial score (nSPS) is 32.1. The van der Waals surface area contributed by atoms with Crippen LogP contribution in [-0.2, 0) is 4.74 Å². The van der Waals surface area contributed by atoms with Crippen LogP contribution >= 0.6 is 0 Å². The first kappa shape index (κ1) is 13.3. The number of aliphatic hydroxyl groups excluding tert-OH is 1. The summed E-state index contributed by atoms with van der Waals surface area (Å²) in [5, 5.41) is 13.2. The molecule has 1 aliphatic heterocycles. The summed E-state index contributed by atoms with van der Waals surface area (Å²) >= 11 is 0. The van der Waals surface area contributed by atoms with Crippen LogP contribution in [0.25, 0.3) is 0 Å². The van der Waals surface area contributed by atoms with Gasteiger partial charge in [-0.05, 0) is 50.5 Å². The minimum absolute atomic E-state index is 0.182. The van der Waals surface area contributed by atoms with E-state index in [-0.39, 0.29) is 5.54 Å². The Morgan fingerprint density at radius 2 is 1.94 bits per heavy atom. The highest BCUT2D eigenvalue weighted by molar-refractivity contribution is 5.09. The van der Waals surface area contributed by atoms with E-state index in [4.69, 9.17) is 4.74 Å². The van der Waals surface area contributed by atoms with Crippen molar-refractivity contribution in [1.82, 2.24) is 5.32 Å². The van der Waals surface area contributed by atoms with Gasteiger partial charge in [-0.3, -0.25) is 0 Å². The summed E-state index contributed by atoms with van der Waals surface area (Å²) in [6.07, 6.45) is 8.26. The van der Waals surface area contributed by atoms with Crippen LogP contribution in [-0.4, -0.2) is 37.0 Å². The molecule has 0 aromatic heterocycles. The van der Waals surface area contributed by atoms with E-state index in [0.717, 1.165) is 26.2 Å². The fourth-order valence-electron chi connectivity index (χ4n) is 4.03. The lowest BCUT2D eigenvalue weighted by Crippen LogP contribution is -2.57. The lowest BCUT2D eigenvalue weighted by atomic mass is 9.65. The first-order valence-electron chi connectivity index (χ1n) is 7.22. The molecular formula is C14H27NO2. The Hall–Kier alpha value is -0.120. The molecule has 2 aliphatic rings. The van der Waals surface area contributed by atoms with E-state index in [2.05, 4.69) is 12.2 Å². The minimum Gasteiger partial charge on any atom is -0.396 e. The van der Waals surface area contributed by atoms with E-state index < -0.39 is 0 Å². The second kappa shape index (κ2) is 5.68. The summed E-state index contributed by atoms with van der Waals surface area (Å²) in [4.78, 5) is 0. The van der Waals surface area contributed by atoms with Gasteiger partial charge in [0, 0.05) is 25.4 Å². The highest BCUT2D eigenvalue weighted by atomic mass is 16.5. The Labute approximate surface area is 105 Å². The van der Waals surface area contributed by atoms with Gasteiger partial charge in [0.05, 0.1) is 0 Å². The summed E-state index contributed by atoms with van der Waals surface area (Å²) in [7, 11) is 0. The third kappa shape index (κ3) is 2.38. The van der Waals surface area contributed by atoms with Gasteiger partial charge in [-0.2, -0.15) is 0 Å². The molecule has 1 aliphatic carbocycles. The highest BCUT2D eigenvalue weighted by Crippen LogP contribution is 2.54. The third-order valence-corrected chi connectivity index (χ3v) is 4.98. The Balaban J connectivity index is 2.15. The fourth-order valence-corrected chi connectivity index (χ4v) is 4.03. The molecule has 0 bridgehead atoms. The lowest BCUT2D eigenvalue weighted by Gasteiger charge is -2.49. The predicted molar refractivity (Wildman–Crippen MR) is 69.1 cm³/mol. The van der Waals surface area contributed by atoms with E-state index in [9.17, 15) is 5.11 Å². The molecule has 0 aromatic rings. The van der Waals surface area contributed by atoms with Crippen LogP contribution in [0.5, 0.6) is 0 Å². The van der Waals surface area contributed by atoms with Crippen molar-refractivity contribution in [3.05, 3.63) is 0 Å². The average Bonchev–Trinajstić information content (AvgIpc) is 2.67. The zero-order chi connectivity index (χ0) is 12.2. The summed E-state index contributed by atoms with van der Waals surface area (Å²) in [6.45, 7) is 5.40. The van der Waals surface area contributed by atoms with Gasteiger partial charge in [-0.1, -0.05) is 13.3 Å². The smallest absolute Gasteiger partial charge is 0.0472 e. The van der Waals surface area contributed by atoms with Crippen molar-refractivity contribution in [1.29, 1.82) is 0 Å². The molecule has 0 aromatic carbocycles. The van der Waals surface area contributed by atoms with Crippen LogP contribution in [0.2, 0.25) is 0 Å². The largest absolute Gasteiger partial charge is 0.396 e. The van der Waals surface area contributed by atoms with Crippen molar-refractivity contribution >= 4 is 0 Å². The Kier molecular flexibility index (Phi) is 4.45. The zero-order valence-corrected chi connectivity index (χ0v) is 11.1. The fraction of sp³-hybridized carbons (Fsp3) is 1.00. The van der Waals surface area contributed by atoms with Crippen LogP contribution in [0.15, 0.2) is 0 Å². The van der Waals surface area contributed by atoms with Gasteiger partial charge in [0.1, 0.15) is 0 Å². The molecule has 17 heavy (non-hydrogen) atoms. The average molecular weight is 241 g/mol. The van der Waals surface area contributed by atoms with Gasteiger partial charge in [0.2, 0.25) is 0 Å². The molecule has 2 N–H and O–H groups in total. The first-order valence-corrected chi connectivity index (χ1v) is 7.22. The van der Waals surface area contributed by atoms with Crippen molar-refractivity contribution < 1.29 is 9.84 Å².